The van der Waals surface area contributed by atoms with E-state index in [-0.39, 0.29) is 0 Å². The minimum absolute atomic E-state index is 0.736. The van der Waals surface area contributed by atoms with Crippen molar-refractivity contribution in [2.24, 2.45) is 0 Å². The summed E-state index contributed by atoms with van der Waals surface area (Å²) in [5, 5.41) is 0. The summed E-state index contributed by atoms with van der Waals surface area (Å²) in [6.07, 6.45) is 0. The molecule has 0 aliphatic heterocycles. The van der Waals surface area contributed by atoms with E-state index in [1.807, 2.05) is 18.2 Å². The summed E-state index contributed by atoms with van der Waals surface area (Å²) >= 11 is 0. The van der Waals surface area contributed by atoms with Crippen LogP contribution in [0.15, 0.2) is 42.5 Å². The molecule has 84 valence electrons. The van der Waals surface area contributed by atoms with E-state index in [1.165, 1.54) is 5.56 Å². The first-order valence-electron chi connectivity index (χ1n) is 5.55. The van der Waals surface area contributed by atoms with Crippen LogP contribution in [0.4, 0.5) is 5.69 Å². The highest BCUT2D eigenvalue weighted by Gasteiger charge is 2.04. The van der Waals surface area contributed by atoms with Crippen LogP contribution in [-0.4, -0.2) is 9.97 Å². The van der Waals surface area contributed by atoms with E-state index in [0.29, 0.717) is 0 Å². The van der Waals surface area contributed by atoms with Gasteiger partial charge in [-0.1, -0.05) is 29.8 Å². The predicted molar refractivity (Wildman–Crippen MR) is 70.7 cm³/mol. The van der Waals surface area contributed by atoms with Crippen molar-refractivity contribution in [2.45, 2.75) is 6.92 Å². The zero-order chi connectivity index (χ0) is 11.8. The molecule has 1 heterocycles. The van der Waals surface area contributed by atoms with Crippen molar-refractivity contribution < 1.29 is 0 Å². The number of aromatic amines is 1. The van der Waals surface area contributed by atoms with Crippen LogP contribution >= 0.6 is 0 Å². The molecule has 2 aromatic carbocycles. The maximum Gasteiger partial charge on any atom is 0.138 e. The van der Waals surface area contributed by atoms with Gasteiger partial charge in [0.05, 0.1) is 11.0 Å². The Morgan fingerprint density at radius 3 is 2.59 bits per heavy atom. The summed E-state index contributed by atoms with van der Waals surface area (Å²) < 4.78 is 0. The van der Waals surface area contributed by atoms with Gasteiger partial charge >= 0.3 is 0 Å². The molecule has 0 radical (unpaired) electrons. The zero-order valence-corrected chi connectivity index (χ0v) is 9.57. The molecule has 3 N–H and O–H groups in total. The van der Waals surface area contributed by atoms with Crippen molar-refractivity contribution in [1.82, 2.24) is 9.97 Å². The Morgan fingerprint density at radius 1 is 1.06 bits per heavy atom. The van der Waals surface area contributed by atoms with Gasteiger partial charge in [0.25, 0.3) is 0 Å². The molecule has 3 heteroatoms. The number of nitrogens with two attached hydrogens (primary N) is 1. The zero-order valence-electron chi connectivity index (χ0n) is 9.57. The van der Waals surface area contributed by atoms with E-state index in [0.717, 1.165) is 28.1 Å². The van der Waals surface area contributed by atoms with Crippen LogP contribution in [0.3, 0.4) is 0 Å². The smallest absolute Gasteiger partial charge is 0.138 e. The lowest BCUT2D eigenvalue weighted by molar-refractivity contribution is 1.33. The largest absolute Gasteiger partial charge is 0.399 e. The number of aromatic nitrogens is 2. The maximum absolute atomic E-state index is 5.74. The number of nitrogens with zero attached hydrogens (tertiary/aromatic N) is 1. The third-order valence-electron chi connectivity index (χ3n) is 2.83. The van der Waals surface area contributed by atoms with Crippen LogP contribution in [0.25, 0.3) is 22.4 Å². The first kappa shape index (κ1) is 9.90. The first-order chi connectivity index (χ1) is 8.22. The van der Waals surface area contributed by atoms with Gasteiger partial charge in [-0.15, -0.1) is 0 Å². The summed E-state index contributed by atoms with van der Waals surface area (Å²) in [5.74, 6) is 0.880. The van der Waals surface area contributed by atoms with Crippen molar-refractivity contribution >= 4 is 16.7 Å². The fourth-order valence-electron chi connectivity index (χ4n) is 1.87. The van der Waals surface area contributed by atoms with E-state index >= 15 is 0 Å². The standard InChI is InChI=1S/C14H13N3/c1-9-2-4-10(5-3-9)14-16-12-7-6-11(15)8-13(12)17-14/h2-8H,15H2,1H3,(H,16,17). The quantitative estimate of drug-likeness (QED) is 0.623. The van der Waals surface area contributed by atoms with E-state index < -0.39 is 0 Å². The molecule has 1 aromatic heterocycles. The molecule has 0 aliphatic rings. The van der Waals surface area contributed by atoms with Crippen molar-refractivity contribution in [3.63, 3.8) is 0 Å². The van der Waals surface area contributed by atoms with Crippen molar-refractivity contribution in [2.75, 3.05) is 5.73 Å². The minimum Gasteiger partial charge on any atom is -0.399 e. The average Bonchev–Trinajstić information content (AvgIpc) is 2.72. The number of hydrogen-bond donors (Lipinski definition) is 2. The van der Waals surface area contributed by atoms with Crippen LogP contribution in [0.5, 0.6) is 0 Å². The summed E-state index contributed by atoms with van der Waals surface area (Å²) in [6.45, 7) is 2.07. The lowest BCUT2D eigenvalue weighted by atomic mass is 10.1. The highest BCUT2D eigenvalue weighted by atomic mass is 14.9. The summed E-state index contributed by atoms with van der Waals surface area (Å²) in [5.41, 5.74) is 10.7. The number of nitrogens with one attached hydrogen (secondary N) is 1. The molecule has 17 heavy (non-hydrogen) atoms. The molecule has 0 atom stereocenters. The number of anilines is 1. The SMILES string of the molecule is Cc1ccc(-c2nc3cc(N)ccc3[nH]2)cc1. The molecule has 0 amide bonds. The van der Waals surface area contributed by atoms with E-state index in [9.17, 15) is 0 Å². The molecule has 0 saturated heterocycles. The highest BCUT2D eigenvalue weighted by Crippen LogP contribution is 2.22. The van der Waals surface area contributed by atoms with Crippen LogP contribution in [0.2, 0.25) is 0 Å². The molecule has 3 rings (SSSR count). The predicted octanol–water partition coefficient (Wildman–Crippen LogP) is 3.12. The molecule has 0 spiro atoms. The minimum atomic E-state index is 0.736. The highest BCUT2D eigenvalue weighted by molar-refractivity contribution is 5.82. The van der Waals surface area contributed by atoms with Crippen LogP contribution in [0, 0.1) is 6.92 Å². The van der Waals surface area contributed by atoms with Gasteiger partial charge in [-0.05, 0) is 25.1 Å². The van der Waals surface area contributed by atoms with Crippen molar-refractivity contribution in [3.05, 3.63) is 48.0 Å². The average molecular weight is 223 g/mol. The second kappa shape index (κ2) is 3.63. The van der Waals surface area contributed by atoms with Gasteiger partial charge in [0.15, 0.2) is 0 Å². The molecule has 0 saturated carbocycles. The summed E-state index contributed by atoms with van der Waals surface area (Å²) in [4.78, 5) is 7.83. The number of hydrogen-bond acceptors (Lipinski definition) is 2. The second-order valence-corrected chi connectivity index (χ2v) is 4.23. The van der Waals surface area contributed by atoms with Crippen LogP contribution < -0.4 is 5.73 Å². The number of fused-ring (bicyclic) bond motifs is 1. The fraction of sp³-hybridized carbons (Fsp3) is 0.0714. The van der Waals surface area contributed by atoms with Gasteiger partial charge in [-0.2, -0.15) is 0 Å². The Labute approximate surface area is 99.3 Å². The Kier molecular flexibility index (Phi) is 2.11. The molecule has 3 aromatic rings. The molecule has 0 bridgehead atoms. The van der Waals surface area contributed by atoms with Gasteiger partial charge in [-0.25, -0.2) is 4.98 Å². The Balaban J connectivity index is 2.14. The number of benzene rings is 2. The van der Waals surface area contributed by atoms with Crippen molar-refractivity contribution in [1.29, 1.82) is 0 Å². The number of aryl methyl sites for hydroxylation is 1. The van der Waals surface area contributed by atoms with Crippen LogP contribution in [0.1, 0.15) is 5.56 Å². The number of imidazole rings is 1. The lowest BCUT2D eigenvalue weighted by Gasteiger charge is -1.96. The van der Waals surface area contributed by atoms with Crippen molar-refractivity contribution in [3.8, 4) is 11.4 Å². The Hall–Kier alpha value is -2.29. The second-order valence-electron chi connectivity index (χ2n) is 4.23. The van der Waals surface area contributed by atoms with E-state index in [4.69, 9.17) is 5.73 Å². The van der Waals surface area contributed by atoms with Crippen LogP contribution in [-0.2, 0) is 0 Å². The number of H-pyrrole nitrogens is 1. The van der Waals surface area contributed by atoms with Gasteiger partial charge < -0.3 is 10.7 Å². The molecule has 3 nitrogen and oxygen atoms in total. The summed E-state index contributed by atoms with van der Waals surface area (Å²) in [7, 11) is 0. The molecular weight excluding hydrogens is 210 g/mol. The van der Waals surface area contributed by atoms with E-state index in [1.54, 1.807) is 0 Å². The monoisotopic (exact) mass is 223 g/mol. The Bertz CT molecular complexity index is 666. The van der Waals surface area contributed by atoms with Gasteiger partial charge in [-0.3, -0.25) is 0 Å². The summed E-state index contributed by atoms with van der Waals surface area (Å²) in [6, 6.07) is 14.0. The number of nitrogen functional groups attached to an aromatic ring is 1. The molecule has 0 fully saturated rings. The maximum atomic E-state index is 5.74. The van der Waals surface area contributed by atoms with Gasteiger partial charge in [0.1, 0.15) is 5.82 Å². The molecule has 0 unspecified atom stereocenters. The number of rotatable bonds is 1. The normalized spacial score (nSPS) is 10.9. The topological polar surface area (TPSA) is 54.7 Å². The molecule has 0 aliphatic carbocycles. The van der Waals surface area contributed by atoms with Gasteiger partial charge in [0.2, 0.25) is 0 Å². The lowest BCUT2D eigenvalue weighted by Crippen LogP contribution is -1.82. The Morgan fingerprint density at radius 2 is 1.82 bits per heavy atom. The third-order valence-corrected chi connectivity index (χ3v) is 2.83. The first-order valence-corrected chi connectivity index (χ1v) is 5.55. The fourth-order valence-corrected chi connectivity index (χ4v) is 1.87. The third kappa shape index (κ3) is 1.76. The van der Waals surface area contributed by atoms with Gasteiger partial charge in [0, 0.05) is 11.3 Å². The van der Waals surface area contributed by atoms with E-state index in [2.05, 4.69) is 41.2 Å². The molecular formula is C14H13N3.